The van der Waals surface area contributed by atoms with Crippen molar-refractivity contribution in [1.29, 1.82) is 5.26 Å². The van der Waals surface area contributed by atoms with Crippen LogP contribution in [0.5, 0.6) is 0 Å². The lowest BCUT2D eigenvalue weighted by Crippen LogP contribution is -2.19. The molecule has 1 aliphatic rings. The molecule has 0 atom stereocenters. The normalized spacial score (nSPS) is 14.1. The maximum atomic E-state index is 11.6. The van der Waals surface area contributed by atoms with Gasteiger partial charge in [0.2, 0.25) is 0 Å². The van der Waals surface area contributed by atoms with Crippen LogP contribution in [0.2, 0.25) is 0 Å². The Labute approximate surface area is 82.4 Å². The average Bonchev–Trinajstić information content (AvgIpc) is 2.18. The summed E-state index contributed by atoms with van der Waals surface area (Å²) >= 11 is 0. The number of aryl methyl sites for hydroxylation is 1. The van der Waals surface area contributed by atoms with Gasteiger partial charge >= 0.3 is 0 Å². The Morgan fingerprint density at radius 2 is 2.29 bits per heavy atom. The number of rotatable bonds is 0. The van der Waals surface area contributed by atoms with Gasteiger partial charge in [0, 0.05) is 18.5 Å². The van der Waals surface area contributed by atoms with Gasteiger partial charge in [-0.2, -0.15) is 5.26 Å². The summed E-state index contributed by atoms with van der Waals surface area (Å²) in [5.41, 5.74) is 2.88. The van der Waals surface area contributed by atoms with Gasteiger partial charge in [-0.3, -0.25) is 4.79 Å². The summed E-state index contributed by atoms with van der Waals surface area (Å²) in [4.78, 5) is 11.6. The largest absolute Gasteiger partial charge is 0.383 e. The van der Waals surface area contributed by atoms with E-state index < -0.39 is 0 Å². The number of carbonyl (C=O) groups excluding carboxylic acids is 1. The molecular weight excluding hydrogens is 176 g/mol. The summed E-state index contributed by atoms with van der Waals surface area (Å²) in [6.45, 7) is 2.52. The third kappa shape index (κ3) is 1.25. The predicted octanol–water partition coefficient (Wildman–Crippen LogP) is 1.86. The van der Waals surface area contributed by atoms with Crippen LogP contribution in [0.15, 0.2) is 12.1 Å². The number of hydrogen-bond donors (Lipinski definition) is 1. The molecule has 0 aliphatic carbocycles. The van der Waals surface area contributed by atoms with E-state index >= 15 is 0 Å². The third-order valence-electron chi connectivity index (χ3n) is 2.36. The van der Waals surface area contributed by atoms with Crippen LogP contribution in [0.4, 0.5) is 5.69 Å². The molecule has 0 saturated carbocycles. The topological polar surface area (TPSA) is 52.9 Å². The van der Waals surface area contributed by atoms with E-state index in [-0.39, 0.29) is 5.78 Å². The monoisotopic (exact) mass is 186 g/mol. The highest BCUT2D eigenvalue weighted by molar-refractivity contribution is 6.04. The first kappa shape index (κ1) is 8.76. The minimum atomic E-state index is 0.124. The molecule has 3 heteroatoms. The Hall–Kier alpha value is -1.82. The molecule has 2 rings (SSSR count). The van der Waals surface area contributed by atoms with E-state index in [2.05, 4.69) is 11.4 Å². The molecule has 0 amide bonds. The second kappa shape index (κ2) is 3.15. The highest BCUT2D eigenvalue weighted by Gasteiger charge is 2.19. The van der Waals surface area contributed by atoms with Crippen LogP contribution in [0.1, 0.15) is 27.9 Å². The van der Waals surface area contributed by atoms with Gasteiger partial charge < -0.3 is 5.32 Å². The van der Waals surface area contributed by atoms with E-state index in [0.717, 1.165) is 5.56 Å². The van der Waals surface area contributed by atoms with Crippen LogP contribution in [0.3, 0.4) is 0 Å². The molecule has 0 unspecified atom stereocenters. The van der Waals surface area contributed by atoms with Gasteiger partial charge in [0.15, 0.2) is 5.78 Å². The molecule has 1 heterocycles. The van der Waals surface area contributed by atoms with Gasteiger partial charge in [-0.05, 0) is 24.6 Å². The summed E-state index contributed by atoms with van der Waals surface area (Å²) in [6.07, 6.45) is 0.515. The summed E-state index contributed by atoms with van der Waals surface area (Å²) in [5, 5.41) is 12.0. The van der Waals surface area contributed by atoms with E-state index in [4.69, 9.17) is 5.26 Å². The average molecular weight is 186 g/mol. The van der Waals surface area contributed by atoms with E-state index in [0.29, 0.717) is 29.8 Å². The second-order valence-electron chi connectivity index (χ2n) is 3.45. The fraction of sp³-hybridized carbons (Fsp3) is 0.273. The van der Waals surface area contributed by atoms with E-state index in [9.17, 15) is 4.79 Å². The number of carbonyl (C=O) groups is 1. The number of nitrogens with zero attached hydrogens (tertiary/aromatic N) is 1. The van der Waals surface area contributed by atoms with Crippen LogP contribution >= 0.6 is 0 Å². The van der Waals surface area contributed by atoms with Crippen LogP contribution in [-0.2, 0) is 0 Å². The van der Waals surface area contributed by atoms with Crippen LogP contribution in [-0.4, -0.2) is 12.3 Å². The summed E-state index contributed by atoms with van der Waals surface area (Å²) in [5.74, 6) is 0.124. The number of anilines is 1. The Balaban J connectivity index is 2.68. The molecule has 1 aromatic rings. The first-order valence-electron chi connectivity index (χ1n) is 4.54. The molecule has 0 saturated heterocycles. The van der Waals surface area contributed by atoms with Crippen molar-refractivity contribution >= 4 is 11.5 Å². The van der Waals surface area contributed by atoms with Crippen molar-refractivity contribution in [2.24, 2.45) is 0 Å². The van der Waals surface area contributed by atoms with Crippen molar-refractivity contribution in [2.75, 3.05) is 11.9 Å². The molecule has 1 aliphatic heterocycles. The zero-order valence-electron chi connectivity index (χ0n) is 7.92. The molecule has 1 aromatic carbocycles. The molecular formula is C11H10N2O. The van der Waals surface area contributed by atoms with Crippen molar-refractivity contribution < 1.29 is 4.79 Å². The lowest BCUT2D eigenvalue weighted by molar-refractivity contribution is 0.0983. The maximum Gasteiger partial charge on any atom is 0.166 e. The summed E-state index contributed by atoms with van der Waals surface area (Å²) < 4.78 is 0. The molecule has 0 aromatic heterocycles. The standard InChI is InChI=1S/C11H10N2O/c1-7-4-8(6-12)11-9(5-7)10(14)2-3-13-11/h4-5,13H,2-3H2,1H3. The maximum absolute atomic E-state index is 11.6. The van der Waals surface area contributed by atoms with Crippen LogP contribution in [0.25, 0.3) is 0 Å². The zero-order valence-corrected chi connectivity index (χ0v) is 7.92. The van der Waals surface area contributed by atoms with E-state index in [1.807, 2.05) is 13.0 Å². The number of nitrogens with one attached hydrogen (secondary N) is 1. The Kier molecular flexibility index (Phi) is 1.97. The van der Waals surface area contributed by atoms with Crippen molar-refractivity contribution in [3.63, 3.8) is 0 Å². The van der Waals surface area contributed by atoms with Crippen molar-refractivity contribution in [1.82, 2.24) is 0 Å². The van der Waals surface area contributed by atoms with Crippen molar-refractivity contribution in [3.8, 4) is 6.07 Å². The van der Waals surface area contributed by atoms with Crippen molar-refractivity contribution in [3.05, 3.63) is 28.8 Å². The highest BCUT2D eigenvalue weighted by Crippen LogP contribution is 2.26. The van der Waals surface area contributed by atoms with Gasteiger partial charge in [0.1, 0.15) is 6.07 Å². The lowest BCUT2D eigenvalue weighted by atomic mass is 9.96. The smallest absolute Gasteiger partial charge is 0.166 e. The first-order valence-corrected chi connectivity index (χ1v) is 4.54. The number of benzene rings is 1. The second-order valence-corrected chi connectivity index (χ2v) is 3.45. The summed E-state index contributed by atoms with van der Waals surface area (Å²) in [6, 6.07) is 5.74. The number of nitriles is 1. The van der Waals surface area contributed by atoms with E-state index in [1.54, 1.807) is 6.07 Å². The number of fused-ring (bicyclic) bond motifs is 1. The van der Waals surface area contributed by atoms with Gasteiger partial charge in [0.05, 0.1) is 11.3 Å². The lowest BCUT2D eigenvalue weighted by Gasteiger charge is -2.18. The molecule has 14 heavy (non-hydrogen) atoms. The fourth-order valence-corrected chi connectivity index (χ4v) is 1.72. The minimum Gasteiger partial charge on any atom is -0.383 e. The van der Waals surface area contributed by atoms with Crippen LogP contribution in [0, 0.1) is 18.3 Å². The van der Waals surface area contributed by atoms with Gasteiger partial charge in [-0.1, -0.05) is 0 Å². The molecule has 3 nitrogen and oxygen atoms in total. The molecule has 0 radical (unpaired) electrons. The quantitative estimate of drug-likeness (QED) is 0.672. The molecule has 0 bridgehead atoms. The van der Waals surface area contributed by atoms with Crippen LogP contribution < -0.4 is 5.32 Å². The summed E-state index contributed by atoms with van der Waals surface area (Å²) in [7, 11) is 0. The van der Waals surface area contributed by atoms with Gasteiger partial charge in [-0.15, -0.1) is 0 Å². The Morgan fingerprint density at radius 1 is 1.50 bits per heavy atom. The molecule has 1 N–H and O–H groups in total. The fourth-order valence-electron chi connectivity index (χ4n) is 1.72. The van der Waals surface area contributed by atoms with Gasteiger partial charge in [0.25, 0.3) is 0 Å². The SMILES string of the molecule is Cc1cc(C#N)c2c(c1)C(=O)CCN2. The minimum absolute atomic E-state index is 0.124. The first-order chi connectivity index (χ1) is 6.72. The highest BCUT2D eigenvalue weighted by atomic mass is 16.1. The zero-order chi connectivity index (χ0) is 10.1. The third-order valence-corrected chi connectivity index (χ3v) is 2.36. The van der Waals surface area contributed by atoms with E-state index in [1.165, 1.54) is 0 Å². The number of hydrogen-bond acceptors (Lipinski definition) is 3. The number of Topliss-reactive ketones (excluding diaryl/α,β-unsaturated/α-hetero) is 1. The van der Waals surface area contributed by atoms with Gasteiger partial charge in [-0.25, -0.2) is 0 Å². The molecule has 0 spiro atoms. The molecule has 0 fully saturated rings. The van der Waals surface area contributed by atoms with Crippen molar-refractivity contribution in [2.45, 2.75) is 13.3 Å². The Bertz CT molecular complexity index is 443. The predicted molar refractivity (Wildman–Crippen MR) is 53.3 cm³/mol. The Morgan fingerprint density at radius 3 is 3.00 bits per heavy atom. The molecule has 70 valence electrons. The number of ketones is 1.